The van der Waals surface area contributed by atoms with Crippen LogP contribution >= 0.6 is 23.1 Å². The number of hydrogen-bond acceptors (Lipinski definition) is 13. The third-order valence-corrected chi connectivity index (χ3v) is 7.45. The van der Waals surface area contributed by atoms with E-state index >= 15 is 0 Å². The number of carbonyl (C=O) groups is 2. The van der Waals surface area contributed by atoms with E-state index in [9.17, 15) is 9.59 Å². The fourth-order valence-electron chi connectivity index (χ4n) is 3.83. The molecule has 0 saturated carbocycles. The molecule has 0 aliphatic carbocycles. The van der Waals surface area contributed by atoms with Crippen molar-refractivity contribution in [3.05, 3.63) is 46.7 Å². The summed E-state index contributed by atoms with van der Waals surface area (Å²) in [5, 5.41) is 23.5. The fourth-order valence-corrected chi connectivity index (χ4v) is 5.20. The Bertz CT molecular complexity index is 1550. The summed E-state index contributed by atoms with van der Waals surface area (Å²) in [6, 6.07) is 8.34. The Kier molecular flexibility index (Phi) is 10.0. The Morgan fingerprint density at radius 1 is 0.881 bits per heavy atom. The molecular weight excluding hydrogens is 586 g/mol. The summed E-state index contributed by atoms with van der Waals surface area (Å²) in [6.45, 7) is 1.79. The number of carbonyl (C=O) groups excluding carboxylic acids is 2. The van der Waals surface area contributed by atoms with E-state index in [-0.39, 0.29) is 23.8 Å². The number of aromatic nitrogens is 5. The quantitative estimate of drug-likeness (QED) is 0.212. The van der Waals surface area contributed by atoms with Crippen LogP contribution in [0.4, 0.5) is 5.13 Å². The van der Waals surface area contributed by atoms with Gasteiger partial charge in [0.15, 0.2) is 22.5 Å². The summed E-state index contributed by atoms with van der Waals surface area (Å²) >= 11 is 2.43. The Hall–Kier alpha value is -4.57. The number of nitrogens with zero attached hydrogens (tertiary/aromatic N) is 5. The maximum Gasteiger partial charge on any atom is 0.251 e. The van der Waals surface area contributed by atoms with Crippen LogP contribution < -0.4 is 34.3 Å². The second-order valence-corrected chi connectivity index (χ2v) is 10.5. The Balaban J connectivity index is 1.62. The van der Waals surface area contributed by atoms with Gasteiger partial charge in [-0.05, 0) is 31.2 Å². The van der Waals surface area contributed by atoms with Crippen LogP contribution in [0.25, 0.3) is 5.69 Å². The molecule has 0 radical (unpaired) electrons. The number of thioether (sulfide) groups is 1. The maximum atomic E-state index is 13.2. The van der Waals surface area contributed by atoms with Gasteiger partial charge in [-0.2, -0.15) is 0 Å². The van der Waals surface area contributed by atoms with Crippen LogP contribution in [0.1, 0.15) is 21.2 Å². The van der Waals surface area contributed by atoms with Gasteiger partial charge in [0.25, 0.3) is 5.91 Å². The van der Waals surface area contributed by atoms with Gasteiger partial charge in [-0.3, -0.25) is 19.5 Å². The van der Waals surface area contributed by atoms with Gasteiger partial charge in [-0.15, -0.1) is 20.4 Å². The minimum atomic E-state index is -0.414. The van der Waals surface area contributed by atoms with Crippen molar-refractivity contribution >= 4 is 40.0 Å². The van der Waals surface area contributed by atoms with Crippen LogP contribution in [0.3, 0.4) is 0 Å². The summed E-state index contributed by atoms with van der Waals surface area (Å²) < 4.78 is 28.8. The molecule has 0 unspecified atom stereocenters. The zero-order valence-electron chi connectivity index (χ0n) is 23.7. The number of rotatable bonds is 13. The fraction of sp³-hybridized carbons (Fsp3) is 0.308. The molecule has 2 heterocycles. The third kappa shape index (κ3) is 6.83. The molecule has 0 spiro atoms. The van der Waals surface area contributed by atoms with Crippen LogP contribution in [0.2, 0.25) is 0 Å². The van der Waals surface area contributed by atoms with Gasteiger partial charge in [-0.1, -0.05) is 23.1 Å². The van der Waals surface area contributed by atoms with E-state index in [0.717, 1.165) is 16.8 Å². The van der Waals surface area contributed by atoms with Gasteiger partial charge < -0.3 is 29.0 Å². The van der Waals surface area contributed by atoms with Gasteiger partial charge in [-0.25, -0.2) is 0 Å². The predicted octanol–water partition coefficient (Wildman–Crippen LogP) is 3.13. The lowest BCUT2D eigenvalue weighted by Crippen LogP contribution is -2.25. The van der Waals surface area contributed by atoms with Crippen LogP contribution in [-0.4, -0.2) is 78.1 Å². The molecular formula is C26H29N7O7S2. The number of anilines is 1. The van der Waals surface area contributed by atoms with Gasteiger partial charge in [0.1, 0.15) is 16.5 Å². The van der Waals surface area contributed by atoms with Crippen LogP contribution in [0.15, 0.2) is 35.5 Å². The van der Waals surface area contributed by atoms with Crippen LogP contribution in [0, 0.1) is 6.92 Å². The maximum absolute atomic E-state index is 13.2. The van der Waals surface area contributed by atoms with Crippen molar-refractivity contribution in [3.8, 4) is 34.4 Å². The van der Waals surface area contributed by atoms with Crippen molar-refractivity contribution in [2.45, 2.75) is 18.6 Å². The largest absolute Gasteiger partial charge is 0.497 e. The second kappa shape index (κ2) is 13.9. The Morgan fingerprint density at radius 3 is 2.19 bits per heavy atom. The molecule has 2 aromatic heterocycles. The number of ether oxygens (including phenoxy) is 5. The first-order valence-corrected chi connectivity index (χ1v) is 14.1. The molecule has 4 rings (SSSR count). The van der Waals surface area contributed by atoms with Crippen LogP contribution in [-0.2, 0) is 11.3 Å². The third-order valence-electron chi connectivity index (χ3n) is 5.77. The zero-order valence-corrected chi connectivity index (χ0v) is 25.3. The summed E-state index contributed by atoms with van der Waals surface area (Å²) in [6.07, 6.45) is 0. The number of hydrogen-bond donors (Lipinski definition) is 2. The predicted molar refractivity (Wildman–Crippen MR) is 156 cm³/mol. The highest BCUT2D eigenvalue weighted by Gasteiger charge is 2.22. The van der Waals surface area contributed by atoms with Gasteiger partial charge in [0.2, 0.25) is 16.8 Å². The lowest BCUT2D eigenvalue weighted by atomic mass is 10.1. The highest BCUT2D eigenvalue weighted by Crippen LogP contribution is 2.38. The molecule has 0 atom stereocenters. The second-order valence-electron chi connectivity index (χ2n) is 8.33. The molecule has 42 heavy (non-hydrogen) atoms. The average Bonchev–Trinajstić information content (AvgIpc) is 3.62. The molecule has 4 aromatic rings. The number of nitrogens with one attached hydrogen (secondary N) is 2. The van der Waals surface area contributed by atoms with E-state index in [2.05, 4.69) is 31.0 Å². The van der Waals surface area contributed by atoms with E-state index in [4.69, 9.17) is 23.7 Å². The van der Waals surface area contributed by atoms with Gasteiger partial charge in [0, 0.05) is 11.6 Å². The number of methoxy groups -OCH3 is 5. The summed E-state index contributed by atoms with van der Waals surface area (Å²) in [7, 11) is 7.50. The first kappa shape index (κ1) is 30.4. The first-order valence-electron chi connectivity index (χ1n) is 12.3. The minimum absolute atomic E-state index is 0.0142. The van der Waals surface area contributed by atoms with Crippen molar-refractivity contribution < 1.29 is 33.3 Å². The lowest BCUT2D eigenvalue weighted by molar-refractivity contribution is -0.113. The van der Waals surface area contributed by atoms with Crippen molar-refractivity contribution in [2.24, 2.45) is 0 Å². The molecule has 0 aliphatic rings. The van der Waals surface area contributed by atoms with Crippen molar-refractivity contribution in [3.63, 3.8) is 0 Å². The molecule has 16 heteroatoms. The average molecular weight is 616 g/mol. The molecule has 2 amide bonds. The van der Waals surface area contributed by atoms with Crippen LogP contribution in [0.5, 0.6) is 28.7 Å². The summed E-state index contributed by atoms with van der Waals surface area (Å²) in [5.74, 6) is 1.80. The first-order chi connectivity index (χ1) is 20.3. The number of amides is 2. The van der Waals surface area contributed by atoms with Crippen molar-refractivity contribution in [1.82, 2.24) is 30.3 Å². The van der Waals surface area contributed by atoms with E-state index < -0.39 is 5.91 Å². The van der Waals surface area contributed by atoms with E-state index in [1.54, 1.807) is 48.9 Å². The zero-order chi connectivity index (χ0) is 30.2. The van der Waals surface area contributed by atoms with Crippen molar-refractivity contribution in [2.75, 3.05) is 46.6 Å². The SMILES string of the molecule is COc1ccc(OC)c(-n2c(CNC(=O)c3cc(OC)c(OC)c(OC)c3)nnc2SCC(=O)Nc2nnc(C)s2)c1. The monoisotopic (exact) mass is 615 g/mol. The molecule has 0 saturated heterocycles. The molecule has 0 bridgehead atoms. The summed E-state index contributed by atoms with van der Waals surface area (Å²) in [5.41, 5.74) is 0.842. The van der Waals surface area contributed by atoms with E-state index in [1.165, 1.54) is 39.8 Å². The van der Waals surface area contributed by atoms with E-state index in [0.29, 0.717) is 50.5 Å². The summed E-state index contributed by atoms with van der Waals surface area (Å²) in [4.78, 5) is 25.8. The lowest BCUT2D eigenvalue weighted by Gasteiger charge is -2.16. The number of benzene rings is 2. The molecule has 2 aromatic carbocycles. The molecule has 222 valence electrons. The Morgan fingerprint density at radius 2 is 1.60 bits per heavy atom. The minimum Gasteiger partial charge on any atom is -0.497 e. The smallest absolute Gasteiger partial charge is 0.251 e. The molecule has 14 nitrogen and oxygen atoms in total. The van der Waals surface area contributed by atoms with Gasteiger partial charge in [0.05, 0.1) is 53.5 Å². The molecule has 0 aliphatic heterocycles. The number of aryl methyl sites for hydroxylation is 1. The highest BCUT2D eigenvalue weighted by atomic mass is 32.2. The van der Waals surface area contributed by atoms with Crippen molar-refractivity contribution in [1.29, 1.82) is 0 Å². The van der Waals surface area contributed by atoms with Gasteiger partial charge >= 0.3 is 0 Å². The topological polar surface area (TPSA) is 161 Å². The molecule has 2 N–H and O–H groups in total. The van der Waals surface area contributed by atoms with E-state index in [1.807, 2.05) is 0 Å². The molecule has 0 fully saturated rings. The highest BCUT2D eigenvalue weighted by molar-refractivity contribution is 7.99. The standard InChI is InChI=1S/C26H29N7O7S2/c1-14-29-31-25(42-14)28-22(34)13-41-26-32-30-21(33(26)17-11-16(36-2)7-8-18(17)37-3)12-27-24(35)15-9-19(38-4)23(40-6)20(10-15)39-5/h7-11H,12-13H2,1-6H3,(H,27,35)(H,28,31,34). The Labute approximate surface area is 249 Å². The normalized spacial score (nSPS) is 10.6.